The van der Waals surface area contributed by atoms with Crippen molar-refractivity contribution in [1.82, 2.24) is 0 Å². The van der Waals surface area contributed by atoms with Gasteiger partial charge in [0.15, 0.2) is 0 Å². The summed E-state index contributed by atoms with van der Waals surface area (Å²) in [6.45, 7) is 5.82. The van der Waals surface area contributed by atoms with E-state index in [2.05, 4.69) is 5.32 Å². The summed E-state index contributed by atoms with van der Waals surface area (Å²) in [4.78, 5) is 11.7. The molecule has 1 aromatic rings. The molecule has 0 radical (unpaired) electrons. The minimum Gasteiger partial charge on any atom is -0.372 e. The van der Waals surface area contributed by atoms with E-state index in [1.165, 1.54) is 12.1 Å². The van der Waals surface area contributed by atoms with Crippen LogP contribution in [0.4, 0.5) is 5.69 Å². The van der Waals surface area contributed by atoms with E-state index in [9.17, 15) is 13.2 Å². The number of aryl methyl sites for hydroxylation is 2. The van der Waals surface area contributed by atoms with Gasteiger partial charge in [0, 0.05) is 23.0 Å². The highest BCUT2D eigenvalue weighted by molar-refractivity contribution is 8.13. The Bertz CT molecular complexity index is 599. The summed E-state index contributed by atoms with van der Waals surface area (Å²) in [5.74, 6) is -0.272. The van der Waals surface area contributed by atoms with Crippen molar-refractivity contribution in [3.05, 3.63) is 23.3 Å². The number of rotatable bonds is 6. The lowest BCUT2D eigenvalue weighted by Crippen LogP contribution is -2.20. The van der Waals surface area contributed by atoms with Gasteiger partial charge in [-0.15, -0.1) is 0 Å². The Morgan fingerprint density at radius 2 is 2.00 bits per heavy atom. The first-order valence-corrected chi connectivity index (χ1v) is 8.56. The predicted octanol–water partition coefficient (Wildman–Crippen LogP) is 2.46. The van der Waals surface area contributed by atoms with Gasteiger partial charge in [-0.3, -0.25) is 4.79 Å². The summed E-state index contributed by atoms with van der Waals surface area (Å²) in [5, 5.41) is 2.74. The van der Waals surface area contributed by atoms with E-state index >= 15 is 0 Å². The third-order valence-electron chi connectivity index (χ3n) is 2.75. The first kappa shape index (κ1) is 16.9. The number of carbonyl (C=O) groups excluding carboxylic acids is 1. The van der Waals surface area contributed by atoms with Crippen molar-refractivity contribution in [3.8, 4) is 0 Å². The molecular formula is C13H18ClNO4S. The molecule has 0 unspecified atom stereocenters. The first-order valence-electron chi connectivity index (χ1n) is 6.25. The lowest BCUT2D eigenvalue weighted by atomic mass is 10.1. The number of anilines is 1. The number of carbonyl (C=O) groups is 1. The van der Waals surface area contributed by atoms with E-state index in [1.807, 2.05) is 6.92 Å². The summed E-state index contributed by atoms with van der Waals surface area (Å²) in [5.41, 5.74) is 1.98. The maximum atomic E-state index is 11.7. The Balaban J connectivity index is 3.11. The SMILES string of the molecule is CCOCC(=O)Nc1c(C)cc(S(=O)(=O)Cl)cc1CC. The smallest absolute Gasteiger partial charge is 0.261 e. The second kappa shape index (κ2) is 7.06. The van der Waals surface area contributed by atoms with Gasteiger partial charge in [-0.1, -0.05) is 6.92 Å². The third kappa shape index (κ3) is 4.47. The van der Waals surface area contributed by atoms with Gasteiger partial charge >= 0.3 is 0 Å². The van der Waals surface area contributed by atoms with Gasteiger partial charge in [0.25, 0.3) is 9.05 Å². The number of hydrogen-bond donors (Lipinski definition) is 1. The Morgan fingerprint density at radius 3 is 2.50 bits per heavy atom. The van der Waals surface area contributed by atoms with Crippen molar-refractivity contribution >= 4 is 31.3 Å². The highest BCUT2D eigenvalue weighted by Gasteiger charge is 2.16. The summed E-state index contributed by atoms with van der Waals surface area (Å²) < 4.78 is 27.8. The first-order chi connectivity index (χ1) is 9.29. The van der Waals surface area contributed by atoms with Gasteiger partial charge in [-0.05, 0) is 43.5 Å². The maximum Gasteiger partial charge on any atom is 0.261 e. The molecule has 0 spiro atoms. The van der Waals surface area contributed by atoms with Crippen LogP contribution in [0.15, 0.2) is 17.0 Å². The molecule has 0 aromatic heterocycles. The molecule has 0 atom stereocenters. The fourth-order valence-electron chi connectivity index (χ4n) is 1.79. The minimum absolute atomic E-state index is 0.0331. The van der Waals surface area contributed by atoms with Gasteiger partial charge in [0.1, 0.15) is 6.61 Å². The van der Waals surface area contributed by atoms with Crippen LogP contribution < -0.4 is 5.32 Å². The number of halogens is 1. The van der Waals surface area contributed by atoms with Crippen LogP contribution in [0.2, 0.25) is 0 Å². The average molecular weight is 320 g/mol. The summed E-state index contributed by atoms with van der Waals surface area (Å²) >= 11 is 0. The van der Waals surface area contributed by atoms with Crippen LogP contribution >= 0.6 is 10.7 Å². The van der Waals surface area contributed by atoms with Gasteiger partial charge < -0.3 is 10.1 Å². The van der Waals surface area contributed by atoms with Gasteiger partial charge in [0.2, 0.25) is 5.91 Å². The fourth-order valence-corrected chi connectivity index (χ4v) is 2.66. The molecule has 0 bridgehead atoms. The van der Waals surface area contributed by atoms with E-state index in [0.29, 0.717) is 29.8 Å². The van der Waals surface area contributed by atoms with Crippen molar-refractivity contribution in [2.45, 2.75) is 32.1 Å². The van der Waals surface area contributed by atoms with Crippen molar-refractivity contribution < 1.29 is 17.9 Å². The Morgan fingerprint density at radius 1 is 1.35 bits per heavy atom. The summed E-state index contributed by atoms with van der Waals surface area (Å²) in [7, 11) is 1.57. The third-order valence-corrected chi connectivity index (χ3v) is 4.09. The fraction of sp³-hybridized carbons (Fsp3) is 0.462. The van der Waals surface area contributed by atoms with Crippen molar-refractivity contribution in [1.29, 1.82) is 0 Å². The van der Waals surface area contributed by atoms with Gasteiger partial charge in [0.05, 0.1) is 4.90 Å². The molecular weight excluding hydrogens is 302 g/mol. The lowest BCUT2D eigenvalue weighted by molar-refractivity contribution is -0.120. The molecule has 5 nitrogen and oxygen atoms in total. The molecule has 0 aliphatic rings. The van der Waals surface area contributed by atoms with Gasteiger partial charge in [-0.25, -0.2) is 8.42 Å². The number of ether oxygens (including phenoxy) is 1. The van der Waals surface area contributed by atoms with Crippen LogP contribution in [0.1, 0.15) is 25.0 Å². The number of nitrogens with one attached hydrogen (secondary N) is 1. The predicted molar refractivity (Wildman–Crippen MR) is 78.7 cm³/mol. The highest BCUT2D eigenvalue weighted by Crippen LogP contribution is 2.27. The topological polar surface area (TPSA) is 72.5 Å². The van der Waals surface area contributed by atoms with E-state index in [-0.39, 0.29) is 17.4 Å². The van der Waals surface area contributed by atoms with Crippen LogP contribution in [0.25, 0.3) is 0 Å². The second-order valence-corrected chi connectivity index (χ2v) is 6.82. The van der Waals surface area contributed by atoms with Gasteiger partial charge in [-0.2, -0.15) is 0 Å². The van der Waals surface area contributed by atoms with Crippen LogP contribution in [-0.4, -0.2) is 27.5 Å². The maximum absolute atomic E-state index is 11.7. The Hall–Kier alpha value is -1.11. The number of amides is 1. The average Bonchev–Trinajstić information content (AvgIpc) is 2.37. The number of hydrogen-bond acceptors (Lipinski definition) is 4. The summed E-state index contributed by atoms with van der Waals surface area (Å²) in [6.07, 6.45) is 0.575. The zero-order valence-electron chi connectivity index (χ0n) is 11.7. The summed E-state index contributed by atoms with van der Waals surface area (Å²) in [6, 6.07) is 2.92. The lowest BCUT2D eigenvalue weighted by Gasteiger charge is -2.14. The largest absolute Gasteiger partial charge is 0.372 e. The van der Waals surface area contributed by atoms with Crippen LogP contribution in [0, 0.1) is 6.92 Å². The molecule has 1 rings (SSSR count). The normalized spacial score (nSPS) is 11.4. The molecule has 1 aromatic carbocycles. The van der Waals surface area contributed by atoms with E-state index in [0.717, 1.165) is 0 Å². The molecule has 1 N–H and O–H groups in total. The van der Waals surface area contributed by atoms with Crippen LogP contribution in [-0.2, 0) is 25.0 Å². The van der Waals surface area contributed by atoms with Crippen molar-refractivity contribution in [3.63, 3.8) is 0 Å². The monoisotopic (exact) mass is 319 g/mol. The molecule has 0 heterocycles. The zero-order chi connectivity index (χ0) is 15.3. The van der Waals surface area contributed by atoms with Crippen molar-refractivity contribution in [2.75, 3.05) is 18.5 Å². The molecule has 20 heavy (non-hydrogen) atoms. The standard InChI is InChI=1S/C13H18ClNO4S/c1-4-10-7-11(20(14,17)18)6-9(3)13(10)15-12(16)8-19-5-2/h6-7H,4-5,8H2,1-3H3,(H,15,16). The number of benzene rings is 1. The molecule has 0 aliphatic heterocycles. The molecule has 0 fully saturated rings. The quantitative estimate of drug-likeness (QED) is 0.817. The minimum atomic E-state index is -3.78. The van der Waals surface area contributed by atoms with Crippen LogP contribution in [0.3, 0.4) is 0 Å². The van der Waals surface area contributed by atoms with Crippen molar-refractivity contribution in [2.24, 2.45) is 0 Å². The van der Waals surface area contributed by atoms with E-state index in [1.54, 1.807) is 13.8 Å². The Kier molecular flexibility index (Phi) is 5.98. The molecule has 0 aliphatic carbocycles. The molecule has 1 amide bonds. The van der Waals surface area contributed by atoms with Crippen LogP contribution in [0.5, 0.6) is 0 Å². The second-order valence-electron chi connectivity index (χ2n) is 4.25. The Labute approximate surface area is 123 Å². The molecule has 0 saturated heterocycles. The molecule has 0 saturated carbocycles. The zero-order valence-corrected chi connectivity index (χ0v) is 13.3. The van der Waals surface area contributed by atoms with E-state index < -0.39 is 9.05 Å². The highest BCUT2D eigenvalue weighted by atomic mass is 35.7. The molecule has 7 heteroatoms. The van der Waals surface area contributed by atoms with E-state index in [4.69, 9.17) is 15.4 Å². The molecule has 112 valence electrons.